The van der Waals surface area contributed by atoms with Crippen LogP contribution < -0.4 is 0 Å². The zero-order valence-electron chi connectivity index (χ0n) is 16.7. The number of likely N-dealkylation sites (tertiary alicyclic amines) is 2. The van der Waals surface area contributed by atoms with Gasteiger partial charge in [-0.15, -0.1) is 0 Å². The van der Waals surface area contributed by atoms with Crippen molar-refractivity contribution in [3.63, 3.8) is 0 Å². The number of nitrogens with zero attached hydrogens (tertiary/aromatic N) is 2. The molecule has 0 radical (unpaired) electrons. The summed E-state index contributed by atoms with van der Waals surface area (Å²) >= 11 is 0. The summed E-state index contributed by atoms with van der Waals surface area (Å²) in [5.41, 5.74) is 3.21. The average molecular weight is 379 g/mol. The molecule has 0 saturated carbocycles. The van der Waals surface area contributed by atoms with Crippen LogP contribution in [0, 0.1) is 6.92 Å². The molecule has 2 saturated heterocycles. The molecule has 0 spiro atoms. The van der Waals surface area contributed by atoms with E-state index in [9.17, 15) is 9.90 Å². The largest absolute Gasteiger partial charge is 0.385 e. The van der Waals surface area contributed by atoms with Gasteiger partial charge in [-0.2, -0.15) is 0 Å². The Balaban J connectivity index is 1.47. The Morgan fingerprint density at radius 1 is 0.964 bits per heavy atom. The lowest BCUT2D eigenvalue weighted by Gasteiger charge is -2.39. The molecular weight excluding hydrogens is 348 g/mol. The molecule has 2 heterocycles. The average Bonchev–Trinajstić information content (AvgIpc) is 3.22. The van der Waals surface area contributed by atoms with Gasteiger partial charge in [0.1, 0.15) is 0 Å². The topological polar surface area (TPSA) is 43.8 Å². The van der Waals surface area contributed by atoms with Gasteiger partial charge in [0, 0.05) is 25.2 Å². The minimum absolute atomic E-state index is 0.0987. The number of piperidine rings is 1. The fourth-order valence-corrected chi connectivity index (χ4v) is 4.66. The third-order valence-corrected chi connectivity index (χ3v) is 6.36. The summed E-state index contributed by atoms with van der Waals surface area (Å²) in [5, 5.41) is 11.2. The molecular formula is C24H30N2O2. The van der Waals surface area contributed by atoms with Crippen LogP contribution in [0.1, 0.15) is 52.7 Å². The van der Waals surface area contributed by atoms with E-state index in [0.29, 0.717) is 25.9 Å². The monoisotopic (exact) mass is 378 g/mol. The normalized spacial score (nSPS) is 19.7. The zero-order chi connectivity index (χ0) is 19.6. The van der Waals surface area contributed by atoms with Gasteiger partial charge < -0.3 is 10.0 Å². The van der Waals surface area contributed by atoms with Crippen molar-refractivity contribution in [1.29, 1.82) is 0 Å². The Morgan fingerprint density at radius 2 is 1.61 bits per heavy atom. The summed E-state index contributed by atoms with van der Waals surface area (Å²) in [7, 11) is 0. The molecule has 28 heavy (non-hydrogen) atoms. The van der Waals surface area contributed by atoms with Crippen molar-refractivity contribution in [2.24, 2.45) is 0 Å². The van der Waals surface area contributed by atoms with E-state index in [2.05, 4.69) is 11.0 Å². The Morgan fingerprint density at radius 3 is 2.32 bits per heavy atom. The minimum atomic E-state index is -0.836. The summed E-state index contributed by atoms with van der Waals surface area (Å²) in [5.74, 6) is 0.0987. The second kappa shape index (κ2) is 8.06. The first-order valence-electron chi connectivity index (χ1n) is 10.4. The summed E-state index contributed by atoms with van der Waals surface area (Å²) in [6, 6.07) is 16.0. The molecule has 2 aliphatic rings. The van der Waals surface area contributed by atoms with Gasteiger partial charge >= 0.3 is 0 Å². The molecule has 2 aromatic carbocycles. The Kier molecular flexibility index (Phi) is 5.51. The maximum absolute atomic E-state index is 13.2. The second-order valence-corrected chi connectivity index (χ2v) is 8.28. The second-order valence-electron chi connectivity index (χ2n) is 8.28. The number of hydrogen-bond donors (Lipinski definition) is 1. The first-order chi connectivity index (χ1) is 13.6. The van der Waals surface area contributed by atoms with Crippen LogP contribution >= 0.6 is 0 Å². The van der Waals surface area contributed by atoms with Crippen molar-refractivity contribution in [2.45, 2.75) is 44.8 Å². The highest BCUT2D eigenvalue weighted by Crippen LogP contribution is 2.35. The van der Waals surface area contributed by atoms with Gasteiger partial charge in [-0.05, 0) is 68.5 Å². The standard InChI is InChI=1S/C24H30N2O2/c1-19-8-2-5-11-22(19)24(28)12-16-26(17-13-24)23(27)21-10-4-3-9-20(21)18-25-14-6-7-15-25/h2-5,8-11,28H,6-7,12-18H2,1H3. The number of carbonyl (C=O) groups excluding carboxylic acids is 1. The van der Waals surface area contributed by atoms with Crippen LogP contribution in [0.3, 0.4) is 0 Å². The van der Waals surface area contributed by atoms with Crippen LogP contribution in [0.15, 0.2) is 48.5 Å². The van der Waals surface area contributed by atoms with Gasteiger partial charge in [-0.3, -0.25) is 9.69 Å². The lowest BCUT2D eigenvalue weighted by atomic mass is 9.82. The lowest BCUT2D eigenvalue weighted by molar-refractivity contribution is -0.0216. The van der Waals surface area contributed by atoms with Crippen LogP contribution in [-0.2, 0) is 12.1 Å². The molecule has 148 valence electrons. The summed E-state index contributed by atoms with van der Waals surface area (Å²) in [4.78, 5) is 17.6. The highest BCUT2D eigenvalue weighted by Gasteiger charge is 2.36. The van der Waals surface area contributed by atoms with Crippen LogP contribution in [0.2, 0.25) is 0 Å². The highest BCUT2D eigenvalue weighted by molar-refractivity contribution is 5.95. The number of aliphatic hydroxyl groups is 1. The van der Waals surface area contributed by atoms with Crippen LogP contribution in [-0.4, -0.2) is 47.0 Å². The number of aryl methyl sites for hydroxylation is 1. The van der Waals surface area contributed by atoms with Crippen molar-refractivity contribution in [3.8, 4) is 0 Å². The summed E-state index contributed by atoms with van der Waals surface area (Å²) in [6.07, 6.45) is 3.66. The molecule has 0 bridgehead atoms. The molecule has 2 aliphatic heterocycles. The number of rotatable bonds is 4. The molecule has 0 aromatic heterocycles. The predicted octanol–water partition coefficient (Wildman–Crippen LogP) is 3.71. The molecule has 0 aliphatic carbocycles. The quantitative estimate of drug-likeness (QED) is 0.882. The fraction of sp³-hybridized carbons (Fsp3) is 0.458. The molecule has 2 aromatic rings. The van der Waals surface area contributed by atoms with Crippen molar-refractivity contribution in [1.82, 2.24) is 9.80 Å². The maximum atomic E-state index is 13.2. The van der Waals surface area contributed by atoms with E-state index in [4.69, 9.17) is 0 Å². The van der Waals surface area contributed by atoms with Crippen molar-refractivity contribution in [3.05, 3.63) is 70.8 Å². The van der Waals surface area contributed by atoms with E-state index < -0.39 is 5.60 Å². The van der Waals surface area contributed by atoms with Crippen molar-refractivity contribution >= 4 is 5.91 Å². The van der Waals surface area contributed by atoms with Crippen molar-refractivity contribution in [2.75, 3.05) is 26.2 Å². The molecule has 1 N–H and O–H groups in total. The summed E-state index contributed by atoms with van der Waals surface area (Å²) < 4.78 is 0. The van der Waals surface area contributed by atoms with Gasteiger partial charge in [0.25, 0.3) is 5.91 Å². The number of amides is 1. The first kappa shape index (κ1) is 19.2. The third-order valence-electron chi connectivity index (χ3n) is 6.36. The smallest absolute Gasteiger partial charge is 0.254 e. The fourth-order valence-electron chi connectivity index (χ4n) is 4.66. The Labute approximate surface area is 167 Å². The van der Waals surface area contributed by atoms with Gasteiger partial charge in [0.05, 0.1) is 5.60 Å². The van der Waals surface area contributed by atoms with E-state index in [1.807, 2.05) is 54.3 Å². The number of benzene rings is 2. The van der Waals surface area contributed by atoms with Gasteiger partial charge in [0.2, 0.25) is 0 Å². The number of carbonyl (C=O) groups is 1. The number of hydrogen-bond acceptors (Lipinski definition) is 3. The molecule has 4 nitrogen and oxygen atoms in total. The molecule has 1 amide bonds. The molecule has 0 unspecified atom stereocenters. The SMILES string of the molecule is Cc1ccccc1C1(O)CCN(C(=O)c2ccccc2CN2CCCC2)CC1. The zero-order valence-corrected chi connectivity index (χ0v) is 16.7. The van der Waals surface area contributed by atoms with Gasteiger partial charge in [-0.1, -0.05) is 42.5 Å². The molecule has 0 atom stereocenters. The van der Waals surface area contributed by atoms with E-state index in [-0.39, 0.29) is 5.91 Å². The van der Waals surface area contributed by atoms with Crippen LogP contribution in [0.5, 0.6) is 0 Å². The summed E-state index contributed by atoms with van der Waals surface area (Å²) in [6.45, 7) is 6.30. The lowest BCUT2D eigenvalue weighted by Crippen LogP contribution is -2.45. The Bertz CT molecular complexity index is 834. The van der Waals surface area contributed by atoms with E-state index >= 15 is 0 Å². The highest BCUT2D eigenvalue weighted by atomic mass is 16.3. The first-order valence-corrected chi connectivity index (χ1v) is 10.4. The molecule has 4 rings (SSSR count). The Hall–Kier alpha value is -2.17. The van der Waals surface area contributed by atoms with Crippen molar-refractivity contribution < 1.29 is 9.90 Å². The van der Waals surface area contributed by atoms with E-state index in [1.54, 1.807) is 0 Å². The third kappa shape index (κ3) is 3.85. The minimum Gasteiger partial charge on any atom is -0.385 e. The van der Waals surface area contributed by atoms with Crippen LogP contribution in [0.25, 0.3) is 0 Å². The van der Waals surface area contributed by atoms with Crippen LogP contribution in [0.4, 0.5) is 0 Å². The predicted molar refractivity (Wildman–Crippen MR) is 111 cm³/mol. The van der Waals surface area contributed by atoms with Gasteiger partial charge in [0.15, 0.2) is 0 Å². The van der Waals surface area contributed by atoms with E-state index in [0.717, 1.165) is 41.9 Å². The van der Waals surface area contributed by atoms with Gasteiger partial charge in [-0.25, -0.2) is 0 Å². The van der Waals surface area contributed by atoms with E-state index in [1.165, 1.54) is 12.8 Å². The molecule has 2 fully saturated rings. The maximum Gasteiger partial charge on any atom is 0.254 e. The molecule has 4 heteroatoms.